The Morgan fingerprint density at radius 2 is 1.83 bits per heavy atom. The van der Waals surface area contributed by atoms with Gasteiger partial charge in [0.1, 0.15) is 6.29 Å². The van der Waals surface area contributed by atoms with Gasteiger partial charge in [0.25, 0.3) is 0 Å². The first-order valence-corrected chi connectivity index (χ1v) is 6.55. The second-order valence-electron chi connectivity index (χ2n) is 4.37. The number of hydrogen-bond acceptors (Lipinski definition) is 4. The number of halogens is 3. The van der Waals surface area contributed by atoms with Gasteiger partial charge in [-0.05, 0) is 37.3 Å². The van der Waals surface area contributed by atoms with Crippen LogP contribution in [-0.4, -0.2) is 18.9 Å². The lowest BCUT2D eigenvalue weighted by Gasteiger charge is -2.11. The molecule has 0 saturated carbocycles. The Bertz CT molecular complexity index is 759. The zero-order valence-corrected chi connectivity index (χ0v) is 11.9. The molecule has 0 heterocycles. The quantitative estimate of drug-likeness (QED) is 0.365. The minimum Gasteiger partial charge on any atom is -0.490 e. The van der Waals surface area contributed by atoms with Gasteiger partial charge in [0.15, 0.2) is 29.0 Å². The van der Waals surface area contributed by atoms with Crippen LogP contribution in [0.1, 0.15) is 27.6 Å². The zero-order valence-electron chi connectivity index (χ0n) is 11.9. The smallest absolute Gasteiger partial charge is 0.346 e. The molecule has 120 valence electrons. The van der Waals surface area contributed by atoms with E-state index < -0.39 is 29.0 Å². The van der Waals surface area contributed by atoms with Gasteiger partial charge in [-0.3, -0.25) is 4.79 Å². The van der Waals surface area contributed by atoms with E-state index in [1.807, 2.05) is 0 Å². The largest absolute Gasteiger partial charge is 0.490 e. The SMILES string of the molecule is CCOc1cc(C=O)ccc1OC(=O)c1ccc(F)c(F)c1F. The number of rotatable bonds is 5. The number of carbonyl (C=O) groups excluding carboxylic acids is 2. The van der Waals surface area contributed by atoms with Crippen molar-refractivity contribution in [3.63, 3.8) is 0 Å². The number of benzene rings is 2. The molecule has 0 aromatic heterocycles. The highest BCUT2D eigenvalue weighted by Gasteiger charge is 2.21. The van der Waals surface area contributed by atoms with E-state index in [1.54, 1.807) is 6.92 Å². The Morgan fingerprint density at radius 1 is 1.09 bits per heavy atom. The average molecular weight is 324 g/mol. The summed E-state index contributed by atoms with van der Waals surface area (Å²) in [5.41, 5.74) is -0.474. The Balaban J connectivity index is 2.33. The molecule has 23 heavy (non-hydrogen) atoms. The normalized spacial score (nSPS) is 10.3. The first-order valence-electron chi connectivity index (χ1n) is 6.55. The van der Waals surface area contributed by atoms with Crippen LogP contribution in [0.5, 0.6) is 11.5 Å². The van der Waals surface area contributed by atoms with Crippen molar-refractivity contribution in [1.82, 2.24) is 0 Å². The third-order valence-electron chi connectivity index (χ3n) is 2.86. The van der Waals surface area contributed by atoms with Crippen LogP contribution in [0, 0.1) is 17.5 Å². The molecule has 0 spiro atoms. The molecule has 2 rings (SSSR count). The van der Waals surface area contributed by atoms with Gasteiger partial charge in [-0.25, -0.2) is 18.0 Å². The lowest BCUT2D eigenvalue weighted by molar-refractivity contribution is 0.0722. The van der Waals surface area contributed by atoms with Crippen molar-refractivity contribution in [3.8, 4) is 11.5 Å². The summed E-state index contributed by atoms with van der Waals surface area (Å²) in [6.45, 7) is 1.90. The highest BCUT2D eigenvalue weighted by molar-refractivity contribution is 5.91. The van der Waals surface area contributed by atoms with Crippen LogP contribution in [-0.2, 0) is 0 Å². The molecule has 0 saturated heterocycles. The number of aldehydes is 1. The van der Waals surface area contributed by atoms with Crippen LogP contribution in [0.4, 0.5) is 13.2 Å². The van der Waals surface area contributed by atoms with Crippen LogP contribution < -0.4 is 9.47 Å². The highest BCUT2D eigenvalue weighted by Crippen LogP contribution is 2.29. The summed E-state index contributed by atoms with van der Waals surface area (Å²) < 4.78 is 49.8. The average Bonchev–Trinajstić information content (AvgIpc) is 2.54. The van der Waals surface area contributed by atoms with Crippen molar-refractivity contribution in [1.29, 1.82) is 0 Å². The zero-order chi connectivity index (χ0) is 17.0. The molecule has 2 aromatic rings. The summed E-state index contributed by atoms with van der Waals surface area (Å²) in [4.78, 5) is 22.7. The van der Waals surface area contributed by atoms with Crippen LogP contribution >= 0.6 is 0 Å². The van der Waals surface area contributed by atoms with Gasteiger partial charge in [0.05, 0.1) is 12.2 Å². The molecule has 0 aliphatic heterocycles. The molecule has 0 radical (unpaired) electrons. The fourth-order valence-electron chi connectivity index (χ4n) is 1.79. The lowest BCUT2D eigenvalue weighted by atomic mass is 10.2. The van der Waals surface area contributed by atoms with Gasteiger partial charge < -0.3 is 9.47 Å². The first kappa shape index (κ1) is 16.5. The molecule has 0 atom stereocenters. The van der Waals surface area contributed by atoms with Gasteiger partial charge in [0.2, 0.25) is 0 Å². The van der Waals surface area contributed by atoms with Crippen LogP contribution in [0.25, 0.3) is 0 Å². The fourth-order valence-corrected chi connectivity index (χ4v) is 1.79. The van der Waals surface area contributed by atoms with Crippen molar-refractivity contribution in [2.75, 3.05) is 6.61 Å². The first-order chi connectivity index (χ1) is 11.0. The summed E-state index contributed by atoms with van der Waals surface area (Å²) >= 11 is 0. The second-order valence-corrected chi connectivity index (χ2v) is 4.37. The van der Waals surface area contributed by atoms with Crippen molar-refractivity contribution in [2.45, 2.75) is 6.92 Å². The monoisotopic (exact) mass is 324 g/mol. The van der Waals surface area contributed by atoms with E-state index in [0.717, 1.165) is 6.07 Å². The van der Waals surface area contributed by atoms with Crippen molar-refractivity contribution < 1.29 is 32.2 Å². The molecule has 4 nitrogen and oxygen atoms in total. The molecule has 0 fully saturated rings. The third kappa shape index (κ3) is 3.50. The Kier molecular flexibility index (Phi) is 5.00. The van der Waals surface area contributed by atoms with Crippen molar-refractivity contribution in [3.05, 3.63) is 58.9 Å². The molecule has 0 bridgehead atoms. The van der Waals surface area contributed by atoms with Crippen LogP contribution in [0.2, 0.25) is 0 Å². The maximum absolute atomic E-state index is 13.6. The predicted octanol–water partition coefficient (Wildman–Crippen LogP) is 3.53. The number of ether oxygens (including phenoxy) is 2. The van der Waals surface area contributed by atoms with Crippen LogP contribution in [0.3, 0.4) is 0 Å². The van der Waals surface area contributed by atoms with E-state index in [-0.39, 0.29) is 23.7 Å². The highest BCUT2D eigenvalue weighted by atomic mass is 19.2. The van der Waals surface area contributed by atoms with Gasteiger partial charge >= 0.3 is 5.97 Å². The maximum Gasteiger partial charge on any atom is 0.346 e. The van der Waals surface area contributed by atoms with E-state index in [9.17, 15) is 22.8 Å². The van der Waals surface area contributed by atoms with Gasteiger partial charge in [-0.2, -0.15) is 0 Å². The second kappa shape index (κ2) is 6.95. The summed E-state index contributed by atoms with van der Waals surface area (Å²) in [5.74, 6) is -6.02. The topological polar surface area (TPSA) is 52.6 Å². The van der Waals surface area contributed by atoms with Crippen LogP contribution in [0.15, 0.2) is 30.3 Å². The molecule has 2 aromatic carbocycles. The third-order valence-corrected chi connectivity index (χ3v) is 2.86. The molecule has 7 heteroatoms. The minimum atomic E-state index is -1.76. The fraction of sp³-hybridized carbons (Fsp3) is 0.125. The molecule has 0 amide bonds. The van der Waals surface area contributed by atoms with Crippen molar-refractivity contribution in [2.24, 2.45) is 0 Å². The maximum atomic E-state index is 13.6. The number of hydrogen-bond donors (Lipinski definition) is 0. The summed E-state index contributed by atoms with van der Waals surface area (Å²) in [5, 5.41) is 0. The van der Waals surface area contributed by atoms with E-state index in [1.165, 1.54) is 18.2 Å². The Hall–Kier alpha value is -2.83. The molecule has 0 N–H and O–H groups in total. The molecule has 0 aliphatic carbocycles. The van der Waals surface area contributed by atoms with Gasteiger partial charge in [-0.1, -0.05) is 0 Å². The Morgan fingerprint density at radius 3 is 2.48 bits per heavy atom. The lowest BCUT2D eigenvalue weighted by Crippen LogP contribution is -2.13. The minimum absolute atomic E-state index is 0.0772. The number of carbonyl (C=O) groups is 2. The van der Waals surface area contributed by atoms with E-state index >= 15 is 0 Å². The summed E-state index contributed by atoms with van der Waals surface area (Å²) in [6.07, 6.45) is 0.573. The van der Waals surface area contributed by atoms with E-state index in [0.29, 0.717) is 12.4 Å². The molecule has 0 unspecified atom stereocenters. The van der Waals surface area contributed by atoms with E-state index in [2.05, 4.69) is 0 Å². The standard InChI is InChI=1S/C16H11F3O4/c1-2-22-13-7-9(8-20)3-6-12(13)23-16(21)10-4-5-11(17)15(19)14(10)18/h3-8H,2H2,1H3. The van der Waals surface area contributed by atoms with Crippen molar-refractivity contribution >= 4 is 12.3 Å². The van der Waals surface area contributed by atoms with E-state index in [4.69, 9.17) is 9.47 Å². The van der Waals surface area contributed by atoms with Gasteiger partial charge in [-0.15, -0.1) is 0 Å². The Labute approximate surface area is 129 Å². The number of esters is 1. The predicted molar refractivity (Wildman–Crippen MR) is 74.3 cm³/mol. The van der Waals surface area contributed by atoms with Gasteiger partial charge in [0, 0.05) is 5.56 Å². The summed E-state index contributed by atoms with van der Waals surface area (Å²) in [6, 6.07) is 5.37. The summed E-state index contributed by atoms with van der Waals surface area (Å²) in [7, 11) is 0. The molecule has 0 aliphatic rings. The molecular formula is C16H11F3O4. The molecular weight excluding hydrogens is 313 g/mol.